The molecule has 1 atom stereocenters. The van der Waals surface area contributed by atoms with Gasteiger partial charge >= 0.3 is 7.12 Å². The molecule has 0 bridgehead atoms. The van der Waals surface area contributed by atoms with Crippen LogP contribution in [0.2, 0.25) is 0 Å². The standard InChI is InChI=1S/C30H35BN4O6S/c1-19-8-14-23(15-9-19)42(38,39)35-18-24(21-10-12-22(13-11-21)28(37)34(7)17-20(2)36)26-27(35)32-16-25(33-26)31-40-29(3,4)30(5,6)41-31/h8-16,18,20,36H,17H2,1-7H3/t20-/m0/s1. The molecular weight excluding hydrogens is 555 g/mol. The number of rotatable bonds is 7. The first-order valence-electron chi connectivity index (χ1n) is 13.7. The fourth-order valence-corrected chi connectivity index (χ4v) is 6.08. The maximum Gasteiger partial charge on any atom is 0.516 e. The zero-order valence-corrected chi connectivity index (χ0v) is 25.6. The highest BCUT2D eigenvalue weighted by Crippen LogP contribution is 2.37. The van der Waals surface area contributed by atoms with Gasteiger partial charge in [-0.15, -0.1) is 0 Å². The Morgan fingerprint density at radius 2 is 1.64 bits per heavy atom. The van der Waals surface area contributed by atoms with E-state index in [1.165, 1.54) is 17.3 Å². The molecule has 2 aromatic heterocycles. The summed E-state index contributed by atoms with van der Waals surface area (Å²) in [6, 6.07) is 13.4. The van der Waals surface area contributed by atoms with Crippen LogP contribution in [0.15, 0.2) is 65.8 Å². The van der Waals surface area contributed by atoms with Gasteiger partial charge in [-0.3, -0.25) is 9.78 Å². The third-order valence-corrected chi connectivity index (χ3v) is 9.55. The van der Waals surface area contributed by atoms with Crippen molar-refractivity contribution in [3.8, 4) is 11.1 Å². The molecule has 42 heavy (non-hydrogen) atoms. The van der Waals surface area contributed by atoms with Gasteiger partial charge in [0, 0.05) is 37.1 Å². The third-order valence-electron chi connectivity index (χ3n) is 7.88. The summed E-state index contributed by atoms with van der Waals surface area (Å²) < 4.78 is 41.1. The molecule has 4 aromatic rings. The number of fused-ring (bicyclic) bond motifs is 1. The van der Waals surface area contributed by atoms with Crippen molar-refractivity contribution in [1.82, 2.24) is 18.8 Å². The maximum atomic E-state index is 13.8. The van der Waals surface area contributed by atoms with Crippen LogP contribution >= 0.6 is 0 Å². The van der Waals surface area contributed by atoms with Crippen molar-refractivity contribution in [3.63, 3.8) is 0 Å². The second-order valence-electron chi connectivity index (χ2n) is 11.8. The van der Waals surface area contributed by atoms with Crippen molar-refractivity contribution in [2.24, 2.45) is 0 Å². The molecule has 1 fully saturated rings. The Morgan fingerprint density at radius 3 is 2.21 bits per heavy atom. The number of carbonyl (C=O) groups is 1. The molecule has 1 aliphatic rings. The number of aryl methyl sites for hydroxylation is 1. The summed E-state index contributed by atoms with van der Waals surface area (Å²) in [4.78, 5) is 23.8. The van der Waals surface area contributed by atoms with Crippen LogP contribution in [0.25, 0.3) is 22.3 Å². The van der Waals surface area contributed by atoms with Gasteiger partial charge in [0.2, 0.25) is 0 Å². The molecule has 3 heterocycles. The lowest BCUT2D eigenvalue weighted by molar-refractivity contribution is 0.00578. The van der Waals surface area contributed by atoms with Crippen LogP contribution in [-0.2, 0) is 19.3 Å². The number of carbonyl (C=O) groups excluding carboxylic acids is 1. The van der Waals surface area contributed by atoms with Crippen molar-refractivity contribution in [2.75, 3.05) is 13.6 Å². The number of aliphatic hydroxyl groups is 1. The highest BCUT2D eigenvalue weighted by molar-refractivity contribution is 7.90. The maximum absolute atomic E-state index is 13.8. The van der Waals surface area contributed by atoms with Crippen LogP contribution in [0.5, 0.6) is 0 Å². The minimum atomic E-state index is -4.02. The quantitative estimate of drug-likeness (QED) is 0.325. The Kier molecular flexibility index (Phi) is 7.55. The highest BCUT2D eigenvalue weighted by Gasteiger charge is 2.52. The molecule has 220 valence electrons. The van der Waals surface area contributed by atoms with Gasteiger partial charge in [-0.25, -0.2) is 17.4 Å². The molecule has 2 aromatic carbocycles. The highest BCUT2D eigenvalue weighted by atomic mass is 32.2. The number of aromatic nitrogens is 3. The van der Waals surface area contributed by atoms with Crippen LogP contribution in [0.3, 0.4) is 0 Å². The number of hydrogen-bond acceptors (Lipinski definition) is 8. The normalized spacial score (nSPS) is 17.0. The summed E-state index contributed by atoms with van der Waals surface area (Å²) in [6.07, 6.45) is 2.33. The van der Waals surface area contributed by atoms with E-state index in [0.717, 1.165) is 9.54 Å². The molecule has 0 saturated carbocycles. The first-order valence-corrected chi connectivity index (χ1v) is 15.1. The minimum Gasteiger partial charge on any atom is -0.398 e. The monoisotopic (exact) mass is 590 g/mol. The Morgan fingerprint density at radius 1 is 1.05 bits per heavy atom. The molecule has 12 heteroatoms. The van der Waals surface area contributed by atoms with E-state index in [1.807, 2.05) is 34.6 Å². The van der Waals surface area contributed by atoms with Gasteiger partial charge in [0.25, 0.3) is 15.9 Å². The number of benzene rings is 2. The van der Waals surface area contributed by atoms with Crippen molar-refractivity contribution in [1.29, 1.82) is 0 Å². The summed E-state index contributed by atoms with van der Waals surface area (Å²) in [6.45, 7) is 11.5. The zero-order chi connectivity index (χ0) is 30.6. The SMILES string of the molecule is Cc1ccc(S(=O)(=O)n2cc(-c3ccc(C(=O)N(C)C[C@H](C)O)cc3)c3nc(B4OC(C)(C)C(C)(C)O4)cnc32)cc1. The molecule has 0 radical (unpaired) electrons. The fourth-order valence-electron chi connectivity index (χ4n) is 4.77. The number of nitrogens with zero attached hydrogens (tertiary/aromatic N) is 4. The number of aliphatic hydroxyl groups excluding tert-OH is 1. The average Bonchev–Trinajstić information content (AvgIpc) is 3.41. The van der Waals surface area contributed by atoms with Crippen molar-refractivity contribution >= 4 is 39.8 Å². The Balaban J connectivity index is 1.62. The van der Waals surface area contributed by atoms with Crippen LogP contribution < -0.4 is 5.59 Å². The van der Waals surface area contributed by atoms with E-state index in [-0.39, 0.29) is 23.0 Å². The minimum absolute atomic E-state index is 0.121. The molecule has 0 aliphatic carbocycles. The van der Waals surface area contributed by atoms with Gasteiger partial charge < -0.3 is 19.3 Å². The van der Waals surface area contributed by atoms with E-state index in [0.29, 0.717) is 27.8 Å². The lowest BCUT2D eigenvalue weighted by atomic mass is 9.85. The second-order valence-corrected chi connectivity index (χ2v) is 13.6. The lowest BCUT2D eigenvalue weighted by Gasteiger charge is -2.32. The molecular formula is C30H35BN4O6S. The Bertz CT molecular complexity index is 1730. The molecule has 1 aliphatic heterocycles. The first-order chi connectivity index (χ1) is 19.6. The predicted molar refractivity (Wildman–Crippen MR) is 161 cm³/mol. The van der Waals surface area contributed by atoms with Crippen LogP contribution in [0, 0.1) is 6.92 Å². The predicted octanol–water partition coefficient (Wildman–Crippen LogP) is 3.40. The Hall–Kier alpha value is -3.58. The summed E-state index contributed by atoms with van der Waals surface area (Å²) in [5.41, 5.74) is 2.26. The molecule has 1 amide bonds. The zero-order valence-electron chi connectivity index (χ0n) is 24.8. The van der Waals surface area contributed by atoms with Gasteiger partial charge in [-0.2, -0.15) is 0 Å². The van der Waals surface area contributed by atoms with Crippen molar-refractivity contribution in [3.05, 3.63) is 72.1 Å². The average molecular weight is 591 g/mol. The summed E-state index contributed by atoms with van der Waals surface area (Å²) in [5, 5.41) is 9.66. The smallest absolute Gasteiger partial charge is 0.398 e. The summed E-state index contributed by atoms with van der Waals surface area (Å²) in [7, 11) is -3.18. The first kappa shape index (κ1) is 29.9. The van der Waals surface area contributed by atoms with Gasteiger partial charge in [-0.1, -0.05) is 29.8 Å². The van der Waals surface area contributed by atoms with Crippen LogP contribution in [0.1, 0.15) is 50.5 Å². The molecule has 0 spiro atoms. The Labute approximate surface area is 246 Å². The molecule has 0 unspecified atom stereocenters. The topological polar surface area (TPSA) is 124 Å². The number of hydrogen-bond donors (Lipinski definition) is 1. The second kappa shape index (κ2) is 10.6. The van der Waals surface area contributed by atoms with E-state index in [1.54, 1.807) is 62.5 Å². The van der Waals surface area contributed by atoms with Gasteiger partial charge in [-0.05, 0) is 71.4 Å². The summed E-state index contributed by atoms with van der Waals surface area (Å²) in [5.74, 6) is -0.241. The van der Waals surface area contributed by atoms with E-state index in [9.17, 15) is 18.3 Å². The van der Waals surface area contributed by atoms with Crippen molar-refractivity contribution < 1.29 is 27.6 Å². The summed E-state index contributed by atoms with van der Waals surface area (Å²) >= 11 is 0. The molecule has 10 nitrogen and oxygen atoms in total. The molecule has 1 N–H and O–H groups in total. The van der Waals surface area contributed by atoms with Crippen molar-refractivity contribution in [2.45, 2.75) is 63.7 Å². The number of likely N-dealkylation sites (N-methyl/N-ethyl adjacent to an activating group) is 1. The molecule has 5 rings (SSSR count). The fraction of sp³-hybridized carbons (Fsp3) is 0.367. The van der Waals surface area contributed by atoms with Crippen LogP contribution in [-0.4, -0.2) is 76.3 Å². The molecule has 1 saturated heterocycles. The van der Waals surface area contributed by atoms with Gasteiger partial charge in [0.05, 0.1) is 27.8 Å². The third kappa shape index (κ3) is 5.35. The van der Waals surface area contributed by atoms with E-state index < -0.39 is 34.4 Å². The number of amides is 1. The van der Waals surface area contributed by atoms with Gasteiger partial charge in [0.15, 0.2) is 5.65 Å². The van der Waals surface area contributed by atoms with Crippen LogP contribution in [0.4, 0.5) is 0 Å². The van der Waals surface area contributed by atoms with E-state index in [4.69, 9.17) is 14.3 Å². The lowest BCUT2D eigenvalue weighted by Crippen LogP contribution is -2.41. The largest absolute Gasteiger partial charge is 0.516 e. The van der Waals surface area contributed by atoms with Gasteiger partial charge in [0.1, 0.15) is 5.52 Å². The van der Waals surface area contributed by atoms with E-state index in [2.05, 4.69) is 4.98 Å². The van der Waals surface area contributed by atoms with E-state index >= 15 is 0 Å².